The molecule has 1 saturated heterocycles. The van der Waals surface area contributed by atoms with Crippen molar-refractivity contribution in [2.45, 2.75) is 57.0 Å². The van der Waals surface area contributed by atoms with Gasteiger partial charge in [0.05, 0.1) is 0 Å². The largest absolute Gasteiger partial charge is 0.342 e. The highest BCUT2D eigenvalue weighted by Crippen LogP contribution is 2.67. The summed E-state index contributed by atoms with van der Waals surface area (Å²) < 4.78 is 0. The van der Waals surface area contributed by atoms with Crippen LogP contribution in [0.1, 0.15) is 45.4 Å². The van der Waals surface area contributed by atoms with Crippen molar-refractivity contribution in [3.8, 4) is 0 Å². The lowest BCUT2D eigenvalue weighted by Gasteiger charge is -2.33. The van der Waals surface area contributed by atoms with Crippen LogP contribution in [0.4, 0.5) is 0 Å². The molecule has 4 nitrogen and oxygen atoms in total. The molecule has 5 rings (SSSR count). The lowest BCUT2D eigenvalue weighted by atomic mass is 9.93. The van der Waals surface area contributed by atoms with Crippen LogP contribution in [0.5, 0.6) is 0 Å². The van der Waals surface area contributed by atoms with E-state index in [1.54, 1.807) is 0 Å². The molecule has 4 aliphatic carbocycles. The first kappa shape index (κ1) is 12.5. The number of nitrogens with zero attached hydrogens (tertiary/aromatic N) is 1. The van der Waals surface area contributed by atoms with Crippen molar-refractivity contribution >= 4 is 11.8 Å². The van der Waals surface area contributed by atoms with Crippen LogP contribution in [0.15, 0.2) is 0 Å². The van der Waals surface area contributed by atoms with E-state index in [2.05, 4.69) is 10.2 Å². The minimum atomic E-state index is -0.622. The van der Waals surface area contributed by atoms with Crippen LogP contribution in [-0.4, -0.2) is 34.8 Å². The van der Waals surface area contributed by atoms with Gasteiger partial charge in [-0.05, 0) is 68.6 Å². The summed E-state index contributed by atoms with van der Waals surface area (Å²) in [5.74, 6) is 3.93. The molecule has 0 aromatic heterocycles. The Morgan fingerprint density at radius 3 is 2.38 bits per heavy atom. The van der Waals surface area contributed by atoms with E-state index in [4.69, 9.17) is 0 Å². The zero-order chi connectivity index (χ0) is 14.4. The number of amides is 2. The van der Waals surface area contributed by atoms with Gasteiger partial charge in [0.2, 0.25) is 11.8 Å². The molecule has 4 heteroatoms. The summed E-state index contributed by atoms with van der Waals surface area (Å²) in [6.45, 7) is 2.61. The van der Waals surface area contributed by atoms with Gasteiger partial charge in [0, 0.05) is 19.0 Å². The number of hydrogen-bond donors (Lipinski definition) is 1. The van der Waals surface area contributed by atoms with Crippen LogP contribution < -0.4 is 5.32 Å². The Morgan fingerprint density at radius 2 is 1.76 bits per heavy atom. The first-order valence-electron chi connectivity index (χ1n) is 8.71. The third-order valence-electron chi connectivity index (χ3n) is 7.13. The number of nitrogens with one attached hydrogen (secondary N) is 1. The van der Waals surface area contributed by atoms with E-state index in [9.17, 15) is 9.59 Å². The molecule has 1 heterocycles. The Labute approximate surface area is 125 Å². The third-order valence-corrected chi connectivity index (χ3v) is 7.13. The molecule has 4 saturated carbocycles. The molecule has 5 unspecified atom stereocenters. The summed E-state index contributed by atoms with van der Waals surface area (Å²) in [6.07, 6.45) is 6.81. The highest BCUT2D eigenvalue weighted by atomic mass is 16.2. The van der Waals surface area contributed by atoms with Gasteiger partial charge in [-0.25, -0.2) is 0 Å². The van der Waals surface area contributed by atoms with Gasteiger partial charge in [-0.1, -0.05) is 0 Å². The van der Waals surface area contributed by atoms with E-state index in [0.29, 0.717) is 24.9 Å². The smallest absolute Gasteiger partial charge is 0.248 e. The number of hydrogen-bond acceptors (Lipinski definition) is 2. The Bertz CT molecular complexity index is 513. The number of rotatable bonds is 2. The molecule has 2 bridgehead atoms. The molecule has 1 aliphatic heterocycles. The van der Waals surface area contributed by atoms with E-state index in [1.807, 2.05) is 6.92 Å². The fraction of sp³-hybridized carbons (Fsp3) is 0.882. The van der Waals surface area contributed by atoms with E-state index in [-0.39, 0.29) is 11.8 Å². The lowest BCUT2D eigenvalue weighted by molar-refractivity contribution is -0.140. The zero-order valence-corrected chi connectivity index (χ0v) is 12.7. The van der Waals surface area contributed by atoms with Gasteiger partial charge in [-0.2, -0.15) is 0 Å². The summed E-state index contributed by atoms with van der Waals surface area (Å²) >= 11 is 0. The van der Waals surface area contributed by atoms with Gasteiger partial charge < -0.3 is 10.2 Å². The second kappa shape index (κ2) is 3.82. The van der Waals surface area contributed by atoms with Crippen LogP contribution in [0.2, 0.25) is 0 Å². The van der Waals surface area contributed by atoms with Crippen molar-refractivity contribution in [2.24, 2.45) is 29.6 Å². The summed E-state index contributed by atoms with van der Waals surface area (Å²) in [5.41, 5.74) is -0.622. The Balaban J connectivity index is 1.44. The molecule has 5 aliphatic rings. The lowest BCUT2D eigenvalue weighted by Crippen LogP contribution is -2.57. The fourth-order valence-corrected chi connectivity index (χ4v) is 5.94. The first-order valence-corrected chi connectivity index (χ1v) is 8.71. The van der Waals surface area contributed by atoms with Gasteiger partial charge in [0.25, 0.3) is 0 Å². The number of carbonyl (C=O) groups excluding carboxylic acids is 2. The second-order valence-corrected chi connectivity index (χ2v) is 8.25. The van der Waals surface area contributed by atoms with Crippen LogP contribution in [-0.2, 0) is 9.59 Å². The standard InChI is InChI=1S/C17H24N2O2/c1-17(11-4-5-11)16(21)19(7-6-12(20)18-17)15-13-9-2-3-10(8-9)14(13)15/h9-11,13-15H,2-8H2,1H3,(H,18,20). The van der Waals surface area contributed by atoms with Gasteiger partial charge >= 0.3 is 0 Å². The van der Waals surface area contributed by atoms with Crippen molar-refractivity contribution in [2.75, 3.05) is 6.54 Å². The van der Waals surface area contributed by atoms with Gasteiger partial charge in [0.15, 0.2) is 0 Å². The minimum absolute atomic E-state index is 0.0639. The summed E-state index contributed by atoms with van der Waals surface area (Å²) in [7, 11) is 0. The Hall–Kier alpha value is -1.06. The molecule has 0 aromatic rings. The molecule has 2 amide bonds. The normalized spacial score (nSPS) is 51.7. The molecule has 114 valence electrons. The average molecular weight is 288 g/mol. The van der Waals surface area contributed by atoms with Crippen LogP contribution in [0.3, 0.4) is 0 Å². The van der Waals surface area contributed by atoms with Crippen molar-refractivity contribution in [3.63, 3.8) is 0 Å². The second-order valence-electron chi connectivity index (χ2n) is 8.25. The van der Waals surface area contributed by atoms with Crippen molar-refractivity contribution in [1.29, 1.82) is 0 Å². The fourth-order valence-electron chi connectivity index (χ4n) is 5.94. The van der Waals surface area contributed by atoms with Crippen LogP contribution in [0, 0.1) is 29.6 Å². The predicted octanol–water partition coefficient (Wildman–Crippen LogP) is 1.55. The maximum absolute atomic E-state index is 13.2. The molecule has 5 atom stereocenters. The summed E-state index contributed by atoms with van der Waals surface area (Å²) in [6, 6.07) is 0.467. The molecular weight excluding hydrogens is 264 g/mol. The summed E-state index contributed by atoms with van der Waals surface area (Å²) in [4.78, 5) is 27.3. The van der Waals surface area contributed by atoms with E-state index >= 15 is 0 Å². The van der Waals surface area contributed by atoms with Gasteiger partial charge in [-0.15, -0.1) is 0 Å². The van der Waals surface area contributed by atoms with Crippen molar-refractivity contribution < 1.29 is 9.59 Å². The zero-order valence-electron chi connectivity index (χ0n) is 12.7. The maximum Gasteiger partial charge on any atom is 0.248 e. The van der Waals surface area contributed by atoms with E-state index in [1.165, 1.54) is 19.3 Å². The van der Waals surface area contributed by atoms with E-state index in [0.717, 1.165) is 36.5 Å². The van der Waals surface area contributed by atoms with Crippen LogP contribution in [0.25, 0.3) is 0 Å². The number of carbonyl (C=O) groups is 2. The number of fused-ring (bicyclic) bond motifs is 5. The topological polar surface area (TPSA) is 49.4 Å². The molecular formula is C17H24N2O2. The molecule has 0 radical (unpaired) electrons. The Morgan fingerprint density at radius 1 is 1.10 bits per heavy atom. The Kier molecular flexibility index (Phi) is 2.27. The highest BCUT2D eigenvalue weighted by molar-refractivity contribution is 5.94. The first-order chi connectivity index (χ1) is 10.1. The average Bonchev–Trinajstić information content (AvgIpc) is 3.36. The molecule has 1 N–H and O–H groups in total. The maximum atomic E-state index is 13.2. The molecule has 21 heavy (non-hydrogen) atoms. The van der Waals surface area contributed by atoms with E-state index < -0.39 is 5.54 Å². The van der Waals surface area contributed by atoms with Crippen molar-refractivity contribution in [1.82, 2.24) is 10.2 Å². The monoisotopic (exact) mass is 288 g/mol. The highest BCUT2D eigenvalue weighted by Gasteiger charge is 2.68. The van der Waals surface area contributed by atoms with Gasteiger partial charge in [-0.3, -0.25) is 9.59 Å². The SMILES string of the molecule is CC1(C2CC2)NC(=O)CCN(C2C3C4CCC(C4)C32)C1=O. The van der Waals surface area contributed by atoms with Gasteiger partial charge in [0.1, 0.15) is 5.54 Å². The quantitative estimate of drug-likeness (QED) is 0.838. The van der Waals surface area contributed by atoms with Crippen LogP contribution >= 0.6 is 0 Å². The molecule has 5 fully saturated rings. The predicted molar refractivity (Wildman–Crippen MR) is 77.2 cm³/mol. The summed E-state index contributed by atoms with van der Waals surface area (Å²) in [5, 5.41) is 3.05. The molecule has 0 aromatic carbocycles. The van der Waals surface area contributed by atoms with Crippen molar-refractivity contribution in [3.05, 3.63) is 0 Å². The third kappa shape index (κ3) is 1.56. The molecule has 0 spiro atoms. The minimum Gasteiger partial charge on any atom is -0.342 e.